The minimum Gasteiger partial charge on any atom is -0.491 e. The predicted molar refractivity (Wildman–Crippen MR) is 236 cm³/mol. The van der Waals surface area contributed by atoms with Crippen LogP contribution in [0.3, 0.4) is 0 Å². The Labute approximate surface area is 382 Å². The van der Waals surface area contributed by atoms with E-state index in [9.17, 15) is 40.8 Å². The molecule has 4 heterocycles. The minimum atomic E-state index is -4.93. The Hall–Kier alpha value is -5.66. The molecule has 66 heavy (non-hydrogen) atoms. The highest BCUT2D eigenvalue weighted by molar-refractivity contribution is 7.91. The van der Waals surface area contributed by atoms with Crippen LogP contribution in [0.2, 0.25) is 0 Å². The molecule has 1 aromatic carbocycles. The second-order valence-electron chi connectivity index (χ2n) is 19.2. The average Bonchev–Trinajstić information content (AvgIpc) is 3.98. The van der Waals surface area contributed by atoms with Crippen molar-refractivity contribution in [3.05, 3.63) is 67.0 Å². The van der Waals surface area contributed by atoms with Gasteiger partial charge in [-0.05, 0) is 115 Å². The van der Waals surface area contributed by atoms with Gasteiger partial charge in [-0.2, -0.15) is 18.3 Å². The largest absolute Gasteiger partial charge is 0.491 e. The van der Waals surface area contributed by atoms with E-state index in [0.29, 0.717) is 74.5 Å². The number of alkyl carbamates (subject to hydrolysis) is 1. The topological polar surface area (TPSA) is 200 Å². The molecule has 2 aliphatic carbocycles. The molecule has 20 heteroatoms. The number of ether oxygens (including phenoxy) is 3. The van der Waals surface area contributed by atoms with Gasteiger partial charge in [0.15, 0.2) is 5.82 Å². The maximum atomic E-state index is 15.0. The van der Waals surface area contributed by atoms with Crippen molar-refractivity contribution < 1.29 is 55.0 Å². The summed E-state index contributed by atoms with van der Waals surface area (Å²) in [5.41, 5.74) is -3.36. The minimum absolute atomic E-state index is 0.0443. The van der Waals surface area contributed by atoms with E-state index < -0.39 is 85.9 Å². The molecule has 0 spiro atoms. The number of fused-ring (bicyclic) bond motifs is 2. The smallest absolute Gasteiger partial charge is 0.427 e. The Bertz CT molecular complexity index is 2440. The summed E-state index contributed by atoms with van der Waals surface area (Å²) in [4.78, 5) is 63.0. The molecule has 2 saturated carbocycles. The number of carbonyl (C=O) groups is 4. The Morgan fingerprint density at radius 3 is 2.38 bits per heavy atom. The summed E-state index contributed by atoms with van der Waals surface area (Å²) >= 11 is 0. The lowest BCUT2D eigenvalue weighted by Gasteiger charge is -2.34. The number of hydrogen-bond acceptors (Lipinski definition) is 11. The molecule has 1 unspecified atom stereocenters. The third-order valence-electron chi connectivity index (χ3n) is 12.9. The lowest BCUT2D eigenvalue weighted by molar-refractivity contribution is -0.244. The highest BCUT2D eigenvalue weighted by Crippen LogP contribution is 2.48. The van der Waals surface area contributed by atoms with Crippen LogP contribution in [0, 0.1) is 17.8 Å². The van der Waals surface area contributed by atoms with E-state index in [-0.39, 0.29) is 31.4 Å². The van der Waals surface area contributed by atoms with Gasteiger partial charge in [-0.25, -0.2) is 22.9 Å². The van der Waals surface area contributed by atoms with Crippen molar-refractivity contribution in [1.82, 2.24) is 35.0 Å². The van der Waals surface area contributed by atoms with E-state index in [4.69, 9.17) is 19.2 Å². The van der Waals surface area contributed by atoms with Gasteiger partial charge in [0.1, 0.15) is 35.2 Å². The second kappa shape index (κ2) is 18.2. The van der Waals surface area contributed by atoms with Crippen molar-refractivity contribution in [2.45, 2.75) is 140 Å². The van der Waals surface area contributed by atoms with Crippen LogP contribution >= 0.6 is 0 Å². The van der Waals surface area contributed by atoms with Gasteiger partial charge in [0.25, 0.3) is 5.91 Å². The fraction of sp³-hybridized carbons (Fsp3) is 0.565. The highest BCUT2D eigenvalue weighted by Gasteiger charge is 2.63. The molecule has 4 amide bonds. The molecule has 2 aliphatic heterocycles. The van der Waals surface area contributed by atoms with Gasteiger partial charge in [0, 0.05) is 42.4 Å². The standard InChI is InChI=1S/C46H58F3N7O9S/c1-27(2)63-32-15-13-30(14-16-32)35-22-33(24-37(51-35)56-20-10-19-50-56)64-34-23-36-39(57)53-45(41(59)54-66(61,62)44(7)17-18-44)25-31(45)12-9-8-11-28(3)21-29(4)38(40(58)55(36)26-34)52-42(60)65-43(5,6)46(47,48)49/h9-10,12-16,19-20,22,24,27-29,31,34,36,38H,8,11,17-18,21,23,25-26H2,1-7H3,(H,52,60)(H,53,57)(H,54,59)/b12-9-/t28-,29+,31?,34+,36-,38-,45+/m0/s1. The quantitative estimate of drug-likeness (QED) is 0.180. The van der Waals surface area contributed by atoms with Crippen LogP contribution in [0.4, 0.5) is 18.0 Å². The molecule has 0 bridgehead atoms. The molecule has 358 valence electrons. The average molecular weight is 942 g/mol. The summed E-state index contributed by atoms with van der Waals surface area (Å²) in [5, 5.41) is 9.56. The first-order valence-electron chi connectivity index (χ1n) is 22.3. The molecule has 4 aliphatic rings. The summed E-state index contributed by atoms with van der Waals surface area (Å²) in [6.45, 7) is 10.2. The molecule has 0 radical (unpaired) electrons. The Kier molecular flexibility index (Phi) is 13.3. The van der Waals surface area contributed by atoms with Crippen LogP contribution in [-0.4, -0.2) is 105 Å². The molecule has 16 nitrogen and oxygen atoms in total. The van der Waals surface area contributed by atoms with Gasteiger partial charge in [-0.1, -0.05) is 26.0 Å². The van der Waals surface area contributed by atoms with Gasteiger partial charge >= 0.3 is 12.3 Å². The zero-order valence-corrected chi connectivity index (χ0v) is 38.9. The SMILES string of the molecule is CC(C)Oc1ccc(-c2cc(O[C@@H]3C[C@H]4C(=O)N[C@]5(C(=O)NS(=O)(=O)C6(C)CC6)CC5/C=C\CC[C@H](C)C[C@@H](C)[C@H](NC(=O)OC(C)(C)C(F)(F)F)C(=O)N4C3)cc(-n3cccn3)n2)cc1. The summed E-state index contributed by atoms with van der Waals surface area (Å²) in [5.74, 6) is -2.42. The van der Waals surface area contributed by atoms with Crippen molar-refractivity contribution in [2.24, 2.45) is 17.8 Å². The summed E-state index contributed by atoms with van der Waals surface area (Å²) in [6, 6.07) is 9.54. The molecule has 7 atom stereocenters. The van der Waals surface area contributed by atoms with Crippen LogP contribution < -0.4 is 24.8 Å². The number of nitrogens with zero attached hydrogens (tertiary/aromatic N) is 4. The first kappa shape index (κ1) is 48.3. The number of rotatable bonds is 11. The number of benzene rings is 1. The van der Waals surface area contributed by atoms with E-state index in [0.717, 1.165) is 0 Å². The third-order valence-corrected chi connectivity index (χ3v) is 15.1. The zero-order valence-electron chi connectivity index (χ0n) is 38.1. The number of allylic oxidation sites excluding steroid dienone is 1. The summed E-state index contributed by atoms with van der Waals surface area (Å²) in [6.07, 6.45) is 1.76. The van der Waals surface area contributed by atoms with Gasteiger partial charge in [0.2, 0.25) is 27.4 Å². The number of amides is 4. The first-order chi connectivity index (χ1) is 30.9. The van der Waals surface area contributed by atoms with E-state index in [2.05, 4.69) is 20.5 Å². The normalized spacial score (nSPS) is 27.3. The lowest BCUT2D eigenvalue weighted by Crippen LogP contribution is -2.59. The number of alkyl halides is 3. The maximum Gasteiger partial charge on any atom is 0.427 e. The fourth-order valence-electron chi connectivity index (χ4n) is 8.44. The predicted octanol–water partition coefficient (Wildman–Crippen LogP) is 6.39. The summed E-state index contributed by atoms with van der Waals surface area (Å²) < 4.78 is 88.1. The number of hydrogen-bond donors (Lipinski definition) is 3. The van der Waals surface area contributed by atoms with Crippen LogP contribution in [0.15, 0.2) is 67.0 Å². The molecule has 7 rings (SSSR count). The molecule has 3 N–H and O–H groups in total. The number of nitrogens with one attached hydrogen (secondary N) is 3. The van der Waals surface area contributed by atoms with E-state index >= 15 is 0 Å². The molecule has 1 saturated heterocycles. The van der Waals surface area contributed by atoms with Crippen molar-refractivity contribution in [3.63, 3.8) is 0 Å². The molecular weight excluding hydrogens is 884 g/mol. The van der Waals surface area contributed by atoms with Gasteiger partial charge in [-0.15, -0.1) is 0 Å². The molecule has 3 fully saturated rings. The Morgan fingerprint density at radius 1 is 1.03 bits per heavy atom. The van der Waals surface area contributed by atoms with Crippen molar-refractivity contribution in [3.8, 4) is 28.6 Å². The second-order valence-corrected chi connectivity index (χ2v) is 21.4. The van der Waals surface area contributed by atoms with Gasteiger partial charge < -0.3 is 29.7 Å². The van der Waals surface area contributed by atoms with Crippen molar-refractivity contribution in [2.75, 3.05) is 6.54 Å². The van der Waals surface area contributed by atoms with E-state index in [1.165, 1.54) is 16.5 Å². The number of aromatic nitrogens is 3. The molecule has 2 aromatic heterocycles. The van der Waals surface area contributed by atoms with E-state index in [1.54, 1.807) is 43.6 Å². The van der Waals surface area contributed by atoms with Crippen LogP contribution in [0.25, 0.3) is 17.1 Å². The van der Waals surface area contributed by atoms with Crippen LogP contribution in [0.1, 0.15) is 93.4 Å². The Morgan fingerprint density at radius 2 is 1.74 bits per heavy atom. The number of pyridine rings is 1. The molecular formula is C46H58F3N7O9S. The Balaban J connectivity index is 1.24. The number of sulfonamides is 1. The van der Waals surface area contributed by atoms with Crippen LogP contribution in [0.5, 0.6) is 11.5 Å². The first-order valence-corrected chi connectivity index (χ1v) is 23.8. The summed E-state index contributed by atoms with van der Waals surface area (Å²) in [7, 11) is -4.10. The third kappa shape index (κ3) is 10.5. The zero-order chi connectivity index (χ0) is 48.0. The van der Waals surface area contributed by atoms with Crippen LogP contribution in [-0.2, 0) is 29.1 Å². The van der Waals surface area contributed by atoms with E-state index in [1.807, 2.05) is 51.1 Å². The number of carbonyl (C=O) groups excluding carboxylic acids is 4. The van der Waals surface area contributed by atoms with Crippen molar-refractivity contribution in [1.29, 1.82) is 0 Å². The maximum absolute atomic E-state index is 15.0. The molecule has 3 aromatic rings. The fourth-order valence-corrected chi connectivity index (χ4v) is 9.75. The van der Waals surface area contributed by atoms with Gasteiger partial charge in [0.05, 0.1) is 23.1 Å². The highest BCUT2D eigenvalue weighted by atomic mass is 32.2. The number of halogens is 3. The van der Waals surface area contributed by atoms with Crippen molar-refractivity contribution >= 4 is 33.8 Å². The van der Waals surface area contributed by atoms with Gasteiger partial charge in [-0.3, -0.25) is 19.1 Å². The monoisotopic (exact) mass is 941 g/mol. The lowest BCUT2D eigenvalue weighted by atomic mass is 9.88.